The first kappa shape index (κ1) is 28.3. The molecule has 2 atom stereocenters. The van der Waals surface area contributed by atoms with Crippen LogP contribution >= 0.6 is 0 Å². The molecule has 0 amide bonds. The van der Waals surface area contributed by atoms with Gasteiger partial charge in [-0.2, -0.15) is 5.26 Å². The Labute approximate surface area is 237 Å². The summed E-state index contributed by atoms with van der Waals surface area (Å²) in [5, 5.41) is 15.2. The van der Waals surface area contributed by atoms with Crippen molar-refractivity contribution in [3.8, 4) is 17.3 Å². The molecular weight excluding hydrogens is 548 g/mol. The molecule has 41 heavy (non-hydrogen) atoms. The Balaban J connectivity index is 1.38. The van der Waals surface area contributed by atoms with Crippen molar-refractivity contribution in [2.45, 2.75) is 44.2 Å². The van der Waals surface area contributed by atoms with E-state index in [9.17, 15) is 12.8 Å². The highest BCUT2D eigenvalue weighted by atomic mass is 32.2. The maximum atomic E-state index is 15.1. The fourth-order valence-corrected chi connectivity index (χ4v) is 5.95. The first-order valence-corrected chi connectivity index (χ1v) is 14.8. The summed E-state index contributed by atoms with van der Waals surface area (Å²) < 4.78 is 56.6. The highest BCUT2D eigenvalue weighted by molar-refractivity contribution is 7.91. The third-order valence-corrected chi connectivity index (χ3v) is 8.04. The van der Waals surface area contributed by atoms with Crippen molar-refractivity contribution in [2.75, 3.05) is 23.1 Å². The zero-order valence-electron chi connectivity index (χ0n) is 22.5. The second-order valence-corrected chi connectivity index (χ2v) is 12.1. The topological polar surface area (TPSA) is 133 Å². The Hall–Kier alpha value is -4.21. The average Bonchev–Trinajstić information content (AvgIpc) is 2.93. The van der Waals surface area contributed by atoms with Gasteiger partial charge in [-0.1, -0.05) is 32.0 Å². The van der Waals surface area contributed by atoms with Crippen LogP contribution in [0.2, 0.25) is 0 Å². The summed E-state index contributed by atoms with van der Waals surface area (Å²) >= 11 is 0. The average molecular weight is 578 g/mol. The number of anilines is 2. The van der Waals surface area contributed by atoms with Gasteiger partial charge in [-0.15, -0.1) is 0 Å². The van der Waals surface area contributed by atoms with Crippen molar-refractivity contribution >= 4 is 32.7 Å². The number of nitriles is 1. The lowest BCUT2D eigenvalue weighted by molar-refractivity contribution is 0.254. The standard InChI is InChI=1S/C29H29F2N7O2S/c1-17(2)23-11-26(36-27-15-34-29(37-28(23)27)35-22-10-21(30)13-33-14-22)20-7-8-25(24(31)9-20)38-41(39,40)16-19-5-3-18(12-32)4-6-19/h3-9,11,15,17,21-22,33,38H,10,13-14,16H2,1-2H3,(H,34,35,37)/t21-,22-/m0/s1. The van der Waals surface area contributed by atoms with E-state index in [1.807, 2.05) is 26.0 Å². The van der Waals surface area contributed by atoms with Crippen LogP contribution in [0.5, 0.6) is 0 Å². The molecule has 3 heterocycles. The Morgan fingerprint density at radius 1 is 1.12 bits per heavy atom. The number of sulfonamides is 1. The van der Waals surface area contributed by atoms with Crippen molar-refractivity contribution in [2.24, 2.45) is 0 Å². The molecule has 2 aromatic heterocycles. The van der Waals surface area contributed by atoms with Crippen LogP contribution in [0.1, 0.15) is 42.9 Å². The van der Waals surface area contributed by atoms with Gasteiger partial charge >= 0.3 is 0 Å². The summed E-state index contributed by atoms with van der Waals surface area (Å²) in [5.41, 5.74) is 3.72. The molecule has 1 fully saturated rings. The van der Waals surface area contributed by atoms with Crippen LogP contribution < -0.4 is 15.4 Å². The van der Waals surface area contributed by atoms with E-state index in [-0.39, 0.29) is 23.4 Å². The van der Waals surface area contributed by atoms with E-state index < -0.39 is 22.0 Å². The van der Waals surface area contributed by atoms with Crippen LogP contribution in [-0.2, 0) is 15.8 Å². The minimum absolute atomic E-state index is 0.0618. The number of pyridine rings is 1. The molecule has 1 saturated heterocycles. The minimum atomic E-state index is -3.91. The summed E-state index contributed by atoms with van der Waals surface area (Å²) in [4.78, 5) is 13.7. The molecule has 9 nitrogen and oxygen atoms in total. The van der Waals surface area contributed by atoms with Gasteiger partial charge in [-0.05, 0) is 47.4 Å². The summed E-state index contributed by atoms with van der Waals surface area (Å²) in [5.74, 6) is -0.668. The van der Waals surface area contributed by atoms with Crippen LogP contribution in [0, 0.1) is 17.1 Å². The van der Waals surface area contributed by atoms with Crippen molar-refractivity contribution < 1.29 is 17.2 Å². The van der Waals surface area contributed by atoms with Crippen LogP contribution in [0.3, 0.4) is 0 Å². The fraction of sp³-hybridized carbons (Fsp3) is 0.310. The molecule has 0 aliphatic carbocycles. The number of aromatic nitrogens is 3. The highest BCUT2D eigenvalue weighted by Crippen LogP contribution is 2.31. The van der Waals surface area contributed by atoms with E-state index in [0.29, 0.717) is 58.9 Å². The van der Waals surface area contributed by atoms with Gasteiger partial charge in [0.2, 0.25) is 16.0 Å². The molecule has 4 aromatic rings. The summed E-state index contributed by atoms with van der Waals surface area (Å²) in [6.07, 6.45) is 1.03. The summed E-state index contributed by atoms with van der Waals surface area (Å²) in [6, 6.07) is 14.0. The summed E-state index contributed by atoms with van der Waals surface area (Å²) in [6.45, 7) is 4.98. The molecule has 2 aromatic carbocycles. The van der Waals surface area contributed by atoms with Gasteiger partial charge in [0, 0.05) is 31.1 Å². The molecule has 12 heteroatoms. The first-order valence-electron chi connectivity index (χ1n) is 13.2. The van der Waals surface area contributed by atoms with E-state index >= 15 is 4.39 Å². The van der Waals surface area contributed by atoms with Gasteiger partial charge in [-0.3, -0.25) is 4.72 Å². The molecule has 0 spiro atoms. The Morgan fingerprint density at radius 2 is 1.90 bits per heavy atom. The molecule has 212 valence electrons. The van der Waals surface area contributed by atoms with Crippen LogP contribution in [-0.4, -0.2) is 48.7 Å². The fourth-order valence-electron chi connectivity index (χ4n) is 4.74. The zero-order valence-corrected chi connectivity index (χ0v) is 23.3. The van der Waals surface area contributed by atoms with Gasteiger partial charge in [0.15, 0.2) is 0 Å². The maximum absolute atomic E-state index is 15.1. The first-order chi connectivity index (χ1) is 19.6. The third-order valence-electron chi connectivity index (χ3n) is 6.80. The van der Waals surface area contributed by atoms with Gasteiger partial charge in [-0.25, -0.2) is 32.2 Å². The van der Waals surface area contributed by atoms with E-state index in [2.05, 4.69) is 30.3 Å². The SMILES string of the molecule is CC(C)c1cc(-c2ccc(NS(=O)(=O)Cc3ccc(C#N)cc3)c(F)c2)nc2cnc(N[C@@H]3CNC[C@@H](F)C3)nc12. The third kappa shape index (κ3) is 6.75. The van der Waals surface area contributed by atoms with Crippen molar-refractivity contribution in [1.29, 1.82) is 5.26 Å². The number of hydrogen-bond donors (Lipinski definition) is 3. The van der Waals surface area contributed by atoms with Crippen LogP contribution in [0.4, 0.5) is 20.4 Å². The quantitative estimate of drug-likeness (QED) is 0.270. The monoisotopic (exact) mass is 577 g/mol. The molecule has 0 radical (unpaired) electrons. The minimum Gasteiger partial charge on any atom is -0.350 e. The smallest absolute Gasteiger partial charge is 0.237 e. The molecule has 0 saturated carbocycles. The van der Waals surface area contributed by atoms with E-state index in [4.69, 9.17) is 5.26 Å². The lowest BCUT2D eigenvalue weighted by Gasteiger charge is -2.26. The number of rotatable bonds is 8. The molecule has 0 unspecified atom stereocenters. The molecule has 5 rings (SSSR count). The van der Waals surface area contributed by atoms with Gasteiger partial charge < -0.3 is 10.6 Å². The number of fused-ring (bicyclic) bond motifs is 1. The number of piperidine rings is 1. The normalized spacial score (nSPS) is 17.4. The van der Waals surface area contributed by atoms with Crippen molar-refractivity contribution in [3.05, 3.63) is 77.2 Å². The number of alkyl halides is 1. The Morgan fingerprint density at radius 3 is 2.59 bits per heavy atom. The summed E-state index contributed by atoms with van der Waals surface area (Å²) in [7, 11) is -3.91. The van der Waals surface area contributed by atoms with Crippen LogP contribution in [0.25, 0.3) is 22.3 Å². The second kappa shape index (κ2) is 11.7. The van der Waals surface area contributed by atoms with E-state index in [0.717, 1.165) is 5.56 Å². The number of nitrogens with one attached hydrogen (secondary N) is 3. The molecule has 0 bridgehead atoms. The van der Waals surface area contributed by atoms with E-state index in [1.165, 1.54) is 24.3 Å². The molecular formula is C29H29F2N7O2S. The Kier molecular flexibility index (Phi) is 8.10. The van der Waals surface area contributed by atoms with Crippen molar-refractivity contribution in [1.82, 2.24) is 20.3 Å². The van der Waals surface area contributed by atoms with E-state index in [1.54, 1.807) is 24.4 Å². The number of halogens is 2. The molecule has 1 aliphatic heterocycles. The Bertz CT molecular complexity index is 1720. The predicted octanol–water partition coefficient (Wildman–Crippen LogP) is 4.88. The predicted molar refractivity (Wildman–Crippen MR) is 154 cm³/mol. The zero-order chi connectivity index (χ0) is 29.1. The second-order valence-electron chi connectivity index (χ2n) is 10.4. The van der Waals surface area contributed by atoms with Crippen molar-refractivity contribution in [3.63, 3.8) is 0 Å². The van der Waals surface area contributed by atoms with Gasteiger partial charge in [0.25, 0.3) is 0 Å². The van der Waals surface area contributed by atoms with Crippen LogP contribution in [0.15, 0.2) is 54.7 Å². The number of benzene rings is 2. The lowest BCUT2D eigenvalue weighted by Crippen LogP contribution is -2.44. The number of nitrogens with zero attached hydrogens (tertiary/aromatic N) is 4. The van der Waals surface area contributed by atoms with Gasteiger partial charge in [0.05, 0.1) is 40.5 Å². The lowest BCUT2D eigenvalue weighted by atomic mass is 9.99. The maximum Gasteiger partial charge on any atom is 0.237 e. The number of hydrogen-bond acceptors (Lipinski definition) is 8. The van der Waals surface area contributed by atoms with Gasteiger partial charge in [0.1, 0.15) is 17.5 Å². The highest BCUT2D eigenvalue weighted by Gasteiger charge is 2.22. The molecule has 1 aliphatic rings. The molecule has 3 N–H and O–H groups in total. The largest absolute Gasteiger partial charge is 0.350 e.